The van der Waals surface area contributed by atoms with Gasteiger partial charge < -0.3 is 14.7 Å². The zero-order chi connectivity index (χ0) is 19.7. The Kier molecular flexibility index (Phi) is 5.09. The Bertz CT molecular complexity index is 1030. The van der Waals surface area contributed by atoms with Crippen molar-refractivity contribution in [2.75, 3.05) is 25.1 Å². The second-order valence-electron chi connectivity index (χ2n) is 7.02. The maximum Gasteiger partial charge on any atom is 0.306 e. The topological polar surface area (TPSA) is 62.7 Å². The predicted molar refractivity (Wildman–Crippen MR) is 111 cm³/mol. The van der Waals surface area contributed by atoms with Crippen LogP contribution in [0.2, 0.25) is 5.02 Å². The number of carboxylic acids is 1. The summed E-state index contributed by atoms with van der Waals surface area (Å²) in [6, 6.07) is 15.8. The van der Waals surface area contributed by atoms with Gasteiger partial charge in [0.1, 0.15) is 11.6 Å². The molecule has 0 aliphatic carbocycles. The minimum atomic E-state index is -0.698. The number of aliphatic carboxylic acids is 1. The van der Waals surface area contributed by atoms with Crippen molar-refractivity contribution in [3.05, 3.63) is 53.6 Å². The maximum absolute atomic E-state index is 11.1. The van der Waals surface area contributed by atoms with Gasteiger partial charge in [-0.15, -0.1) is 0 Å². The fraction of sp³-hybridized carbons (Fsp3) is 0.273. The van der Waals surface area contributed by atoms with E-state index in [4.69, 9.17) is 26.4 Å². The summed E-state index contributed by atoms with van der Waals surface area (Å²) >= 11 is 6.41. The lowest BCUT2D eigenvalue weighted by Gasteiger charge is -2.31. The molecule has 1 aromatic heterocycles. The highest BCUT2D eigenvalue weighted by Crippen LogP contribution is 2.33. The van der Waals surface area contributed by atoms with Gasteiger partial charge in [0.25, 0.3) is 0 Å². The Morgan fingerprint density at radius 2 is 1.93 bits per heavy atom. The number of rotatable bonds is 4. The lowest BCUT2D eigenvalue weighted by molar-refractivity contribution is -0.142. The summed E-state index contributed by atoms with van der Waals surface area (Å²) in [7, 11) is 1.62. The van der Waals surface area contributed by atoms with Crippen LogP contribution < -0.4 is 9.64 Å². The van der Waals surface area contributed by atoms with Gasteiger partial charge in [-0.2, -0.15) is 0 Å². The Hall–Kier alpha value is -2.79. The van der Waals surface area contributed by atoms with Crippen molar-refractivity contribution in [3.63, 3.8) is 0 Å². The zero-order valence-electron chi connectivity index (χ0n) is 15.6. The van der Waals surface area contributed by atoms with Crippen LogP contribution in [0.4, 0.5) is 5.82 Å². The minimum Gasteiger partial charge on any atom is -0.497 e. The number of carboxylic acid groups (broad SMARTS) is 1. The largest absolute Gasteiger partial charge is 0.497 e. The molecule has 0 bridgehead atoms. The van der Waals surface area contributed by atoms with Crippen LogP contribution in [0.5, 0.6) is 5.75 Å². The smallest absolute Gasteiger partial charge is 0.306 e. The first-order chi connectivity index (χ1) is 13.5. The first-order valence-electron chi connectivity index (χ1n) is 9.27. The van der Waals surface area contributed by atoms with E-state index in [9.17, 15) is 4.79 Å². The quantitative estimate of drug-likeness (QED) is 0.682. The Morgan fingerprint density at radius 3 is 2.61 bits per heavy atom. The molecule has 0 unspecified atom stereocenters. The number of aromatic nitrogens is 1. The first-order valence-corrected chi connectivity index (χ1v) is 9.65. The van der Waals surface area contributed by atoms with Gasteiger partial charge >= 0.3 is 5.97 Å². The molecule has 5 nitrogen and oxygen atoms in total. The minimum absolute atomic E-state index is 0.242. The zero-order valence-corrected chi connectivity index (χ0v) is 16.3. The normalized spacial score (nSPS) is 15.0. The number of benzene rings is 2. The van der Waals surface area contributed by atoms with Crippen LogP contribution >= 0.6 is 11.6 Å². The van der Waals surface area contributed by atoms with Crippen molar-refractivity contribution in [1.82, 2.24) is 4.98 Å². The third-order valence-electron chi connectivity index (χ3n) is 5.33. The van der Waals surface area contributed by atoms with Crippen molar-refractivity contribution in [1.29, 1.82) is 0 Å². The summed E-state index contributed by atoms with van der Waals surface area (Å²) in [5.74, 6) is 0.684. The molecule has 2 heterocycles. The lowest BCUT2D eigenvalue weighted by Crippen LogP contribution is -2.36. The lowest BCUT2D eigenvalue weighted by atomic mass is 9.97. The average molecular weight is 397 g/mol. The van der Waals surface area contributed by atoms with E-state index >= 15 is 0 Å². The SMILES string of the molecule is COc1ccc(-c2ccc3nc(N4CCC(C(=O)O)CC4)ccc3c2)c(Cl)c1. The van der Waals surface area contributed by atoms with E-state index in [0.29, 0.717) is 17.9 Å². The Balaban J connectivity index is 1.59. The van der Waals surface area contributed by atoms with Gasteiger partial charge in [0.15, 0.2) is 0 Å². The maximum atomic E-state index is 11.1. The van der Waals surface area contributed by atoms with E-state index in [0.717, 1.165) is 46.7 Å². The van der Waals surface area contributed by atoms with E-state index in [1.54, 1.807) is 7.11 Å². The summed E-state index contributed by atoms with van der Waals surface area (Å²) in [6.45, 7) is 1.43. The molecule has 4 rings (SSSR count). The number of methoxy groups -OCH3 is 1. The average Bonchev–Trinajstić information content (AvgIpc) is 2.73. The Labute approximate surface area is 168 Å². The molecule has 3 aromatic rings. The van der Waals surface area contributed by atoms with Gasteiger partial charge in [0, 0.05) is 24.0 Å². The predicted octanol–water partition coefficient (Wildman–Crippen LogP) is 4.86. The molecule has 0 amide bonds. The third-order valence-corrected chi connectivity index (χ3v) is 5.64. The molecule has 2 aromatic carbocycles. The number of anilines is 1. The fourth-order valence-corrected chi connectivity index (χ4v) is 3.95. The van der Waals surface area contributed by atoms with Gasteiger partial charge in [-0.05, 0) is 60.9 Å². The molecule has 1 saturated heterocycles. The van der Waals surface area contributed by atoms with Crippen LogP contribution in [0.3, 0.4) is 0 Å². The number of nitrogens with zero attached hydrogens (tertiary/aromatic N) is 2. The summed E-state index contributed by atoms with van der Waals surface area (Å²) in [6.07, 6.45) is 1.31. The third kappa shape index (κ3) is 3.62. The highest BCUT2D eigenvalue weighted by molar-refractivity contribution is 6.33. The van der Waals surface area contributed by atoms with Crippen LogP contribution in [0.15, 0.2) is 48.5 Å². The second-order valence-corrected chi connectivity index (χ2v) is 7.43. The molecular formula is C22H21ClN2O3. The molecule has 1 N–H and O–H groups in total. The van der Waals surface area contributed by atoms with Gasteiger partial charge in [0.2, 0.25) is 0 Å². The van der Waals surface area contributed by atoms with Gasteiger partial charge in [-0.1, -0.05) is 17.7 Å². The highest BCUT2D eigenvalue weighted by Gasteiger charge is 2.25. The number of carbonyl (C=O) groups is 1. The monoisotopic (exact) mass is 396 g/mol. The van der Waals surface area contributed by atoms with Crippen LogP contribution in [0.25, 0.3) is 22.0 Å². The number of piperidine rings is 1. The van der Waals surface area contributed by atoms with E-state index in [1.165, 1.54) is 0 Å². The molecule has 1 aliphatic rings. The number of hydrogen-bond acceptors (Lipinski definition) is 4. The summed E-state index contributed by atoms with van der Waals surface area (Å²) in [4.78, 5) is 18.1. The highest BCUT2D eigenvalue weighted by atomic mass is 35.5. The van der Waals surface area contributed by atoms with E-state index in [1.807, 2.05) is 36.4 Å². The van der Waals surface area contributed by atoms with Crippen molar-refractivity contribution in [2.24, 2.45) is 5.92 Å². The summed E-state index contributed by atoms with van der Waals surface area (Å²) in [5, 5.41) is 10.8. The van der Waals surface area contributed by atoms with E-state index in [-0.39, 0.29) is 5.92 Å². The first kappa shape index (κ1) is 18.6. The number of fused-ring (bicyclic) bond motifs is 1. The number of halogens is 1. The molecule has 0 atom stereocenters. The van der Waals surface area contributed by atoms with Crippen molar-refractivity contribution >= 4 is 34.3 Å². The van der Waals surface area contributed by atoms with Crippen molar-refractivity contribution in [2.45, 2.75) is 12.8 Å². The molecule has 1 aliphatic heterocycles. The van der Waals surface area contributed by atoms with Crippen LogP contribution in [-0.2, 0) is 4.79 Å². The van der Waals surface area contributed by atoms with Gasteiger partial charge in [-0.3, -0.25) is 4.79 Å². The molecule has 6 heteroatoms. The number of ether oxygens (including phenoxy) is 1. The van der Waals surface area contributed by atoms with Gasteiger partial charge in [-0.25, -0.2) is 4.98 Å². The molecule has 1 fully saturated rings. The van der Waals surface area contributed by atoms with Crippen LogP contribution in [0.1, 0.15) is 12.8 Å². The molecule has 28 heavy (non-hydrogen) atoms. The number of pyridine rings is 1. The van der Waals surface area contributed by atoms with Crippen LogP contribution in [-0.4, -0.2) is 36.3 Å². The van der Waals surface area contributed by atoms with E-state index < -0.39 is 5.97 Å². The van der Waals surface area contributed by atoms with Crippen LogP contribution in [0, 0.1) is 5.92 Å². The number of hydrogen-bond donors (Lipinski definition) is 1. The standard InChI is InChI=1S/C22H21ClN2O3/c1-28-17-4-5-18(19(23)13-17)15-2-6-20-16(12-15)3-7-21(24-20)25-10-8-14(9-11-25)22(26)27/h2-7,12-14H,8-11H2,1H3,(H,26,27). The second kappa shape index (κ2) is 7.68. The molecule has 0 radical (unpaired) electrons. The molecule has 0 saturated carbocycles. The molecule has 0 spiro atoms. The summed E-state index contributed by atoms with van der Waals surface area (Å²) < 4.78 is 5.21. The van der Waals surface area contributed by atoms with E-state index in [2.05, 4.69) is 17.0 Å². The molecule has 144 valence electrons. The van der Waals surface area contributed by atoms with Crippen molar-refractivity contribution < 1.29 is 14.6 Å². The van der Waals surface area contributed by atoms with Crippen molar-refractivity contribution in [3.8, 4) is 16.9 Å². The fourth-order valence-electron chi connectivity index (χ4n) is 3.67. The summed E-state index contributed by atoms with van der Waals surface area (Å²) in [5.41, 5.74) is 2.88. The molecular weight excluding hydrogens is 376 g/mol. The Morgan fingerprint density at radius 1 is 1.14 bits per heavy atom. The van der Waals surface area contributed by atoms with Gasteiger partial charge in [0.05, 0.1) is 23.6 Å².